The lowest BCUT2D eigenvalue weighted by molar-refractivity contribution is 0.0533. The highest BCUT2D eigenvalue weighted by molar-refractivity contribution is 6.05. The molecule has 2 heterocycles. The average Bonchev–Trinajstić information content (AvgIpc) is 2.78. The molecule has 0 unspecified atom stereocenters. The Hall–Kier alpha value is -2.58. The summed E-state index contributed by atoms with van der Waals surface area (Å²) in [5, 5.41) is 3.83. The Bertz CT molecular complexity index is 952. The summed E-state index contributed by atoms with van der Waals surface area (Å²) < 4.78 is 5.86. The lowest BCUT2D eigenvalue weighted by atomic mass is 9.92. The van der Waals surface area contributed by atoms with Gasteiger partial charge in [0.05, 0.1) is 17.1 Å². The minimum atomic E-state index is -0.468. The number of methoxy groups -OCH3 is 1. The Balaban J connectivity index is 1.60. The van der Waals surface area contributed by atoms with Crippen LogP contribution in [0.2, 0.25) is 0 Å². The number of hydrogen-bond donors (Lipinski definition) is 2. The number of rotatable bonds is 5. The molecule has 2 fully saturated rings. The first kappa shape index (κ1) is 21.6. The number of nitrogens with two attached hydrogens (primary N) is 1. The van der Waals surface area contributed by atoms with Gasteiger partial charge >= 0.3 is 5.91 Å². The van der Waals surface area contributed by atoms with E-state index in [9.17, 15) is 4.79 Å². The Morgan fingerprint density at radius 3 is 2.55 bits per heavy atom. The summed E-state index contributed by atoms with van der Waals surface area (Å²) >= 11 is 0. The minimum Gasteiger partial charge on any atom is -0.387 e. The van der Waals surface area contributed by atoms with E-state index in [0.717, 1.165) is 18.5 Å². The normalized spacial score (nSPS) is 23.3. The van der Waals surface area contributed by atoms with Crippen molar-refractivity contribution in [3.8, 4) is 0 Å². The Kier molecular flexibility index (Phi) is 6.77. The van der Waals surface area contributed by atoms with Crippen molar-refractivity contribution < 1.29 is 9.53 Å². The van der Waals surface area contributed by atoms with E-state index < -0.39 is 5.91 Å². The highest BCUT2D eigenvalue weighted by Gasteiger charge is 2.33. The number of piperidine rings is 1. The van der Waals surface area contributed by atoms with Crippen molar-refractivity contribution in [3.05, 3.63) is 30.0 Å². The summed E-state index contributed by atoms with van der Waals surface area (Å²) in [4.78, 5) is 28.2. The summed E-state index contributed by atoms with van der Waals surface area (Å²) in [6, 6.07) is 8.42. The molecule has 1 saturated carbocycles. The van der Waals surface area contributed by atoms with Crippen LogP contribution in [0.15, 0.2) is 29.3 Å². The number of amidine groups is 1. The maximum Gasteiger partial charge on any atom is 0.301 e. The molecule has 2 aliphatic rings. The van der Waals surface area contributed by atoms with Crippen molar-refractivity contribution in [1.29, 1.82) is 0 Å². The van der Waals surface area contributed by atoms with Gasteiger partial charge in [0.25, 0.3) is 0 Å². The van der Waals surface area contributed by atoms with Crippen molar-refractivity contribution in [2.24, 2.45) is 10.7 Å². The molecule has 4 rings (SSSR count). The monoisotopic (exact) mass is 424 g/mol. The largest absolute Gasteiger partial charge is 0.387 e. The molecule has 1 aromatic carbocycles. The van der Waals surface area contributed by atoms with Gasteiger partial charge in [-0.15, -0.1) is 0 Å². The summed E-state index contributed by atoms with van der Waals surface area (Å²) in [6.45, 7) is 3.00. The van der Waals surface area contributed by atoms with Crippen LogP contribution < -0.4 is 16.0 Å². The van der Waals surface area contributed by atoms with Crippen LogP contribution >= 0.6 is 0 Å². The van der Waals surface area contributed by atoms with Crippen LogP contribution in [0.5, 0.6) is 0 Å². The van der Waals surface area contributed by atoms with Gasteiger partial charge in [0, 0.05) is 32.3 Å². The molecule has 1 saturated heterocycles. The molecule has 31 heavy (non-hydrogen) atoms. The summed E-state index contributed by atoms with van der Waals surface area (Å²) in [5.41, 5.74) is 7.31. The molecule has 8 heteroatoms. The van der Waals surface area contributed by atoms with E-state index in [1.54, 1.807) is 14.0 Å². The van der Waals surface area contributed by atoms with Crippen LogP contribution in [0, 0.1) is 0 Å². The van der Waals surface area contributed by atoms with E-state index in [-0.39, 0.29) is 17.6 Å². The highest BCUT2D eigenvalue weighted by Crippen LogP contribution is 2.27. The number of aliphatic imine (C=N–C) groups is 1. The Morgan fingerprint density at radius 1 is 1.16 bits per heavy atom. The average molecular weight is 425 g/mol. The van der Waals surface area contributed by atoms with Crippen LogP contribution in [0.1, 0.15) is 55.9 Å². The summed E-state index contributed by atoms with van der Waals surface area (Å²) in [6.07, 6.45) is 7.33. The molecule has 0 spiro atoms. The zero-order valence-corrected chi connectivity index (χ0v) is 18.4. The number of fused-ring (bicyclic) bond motifs is 1. The maximum atomic E-state index is 12.8. The van der Waals surface area contributed by atoms with Gasteiger partial charge in [-0.05, 0) is 38.3 Å². The number of nitrogens with zero attached hydrogens (tertiary/aromatic N) is 4. The lowest BCUT2D eigenvalue weighted by Crippen LogP contribution is -2.56. The van der Waals surface area contributed by atoms with Crippen LogP contribution in [-0.4, -0.2) is 60.1 Å². The molecular formula is C23H32N6O2. The van der Waals surface area contributed by atoms with Gasteiger partial charge in [0.1, 0.15) is 5.84 Å². The van der Waals surface area contributed by atoms with Gasteiger partial charge in [0.15, 0.2) is 11.5 Å². The zero-order valence-electron chi connectivity index (χ0n) is 18.4. The first-order chi connectivity index (χ1) is 15.0. The molecule has 1 aromatic heterocycles. The molecule has 2 aromatic rings. The second kappa shape index (κ2) is 9.70. The van der Waals surface area contributed by atoms with Gasteiger partial charge < -0.3 is 20.7 Å². The van der Waals surface area contributed by atoms with E-state index in [1.165, 1.54) is 32.1 Å². The molecule has 1 aliphatic carbocycles. The molecule has 1 amide bonds. The molecule has 0 bridgehead atoms. The first-order valence-corrected chi connectivity index (χ1v) is 11.2. The summed E-state index contributed by atoms with van der Waals surface area (Å²) in [7, 11) is 1.75. The van der Waals surface area contributed by atoms with Crippen molar-refractivity contribution in [2.45, 2.75) is 63.6 Å². The van der Waals surface area contributed by atoms with Crippen LogP contribution in [0.25, 0.3) is 11.0 Å². The fraction of sp³-hybridized carbons (Fsp3) is 0.565. The standard InChI is InChI=1S/C23H32N6O2/c1-15(24)25-23(30)21-22(28-18-11-7-6-10-17(18)27-21)29-13-12-19(20(14-29)31-2)26-16-8-4-3-5-9-16/h6-7,10-11,16,19-20,26H,3-5,8-9,12-14H2,1-2H3,(H2,24,25,30)/t19-,20+/m0/s1. The van der Waals surface area contributed by atoms with E-state index in [0.29, 0.717) is 30.0 Å². The van der Waals surface area contributed by atoms with E-state index in [4.69, 9.17) is 15.5 Å². The number of para-hydroxylation sites is 2. The number of amides is 1. The van der Waals surface area contributed by atoms with Crippen molar-refractivity contribution in [2.75, 3.05) is 25.1 Å². The van der Waals surface area contributed by atoms with Crippen LogP contribution in [0.3, 0.4) is 0 Å². The number of benzene rings is 1. The number of hydrogen-bond acceptors (Lipinski definition) is 6. The molecule has 8 nitrogen and oxygen atoms in total. The number of carbonyl (C=O) groups excluding carboxylic acids is 1. The number of ether oxygens (including phenoxy) is 1. The summed E-state index contributed by atoms with van der Waals surface area (Å²) in [5.74, 6) is 0.285. The van der Waals surface area contributed by atoms with Crippen LogP contribution in [-0.2, 0) is 4.74 Å². The van der Waals surface area contributed by atoms with E-state index in [2.05, 4.69) is 20.2 Å². The minimum absolute atomic E-state index is 0.00615. The maximum absolute atomic E-state index is 12.8. The second-order valence-corrected chi connectivity index (χ2v) is 8.56. The van der Waals surface area contributed by atoms with Gasteiger partial charge in [-0.2, -0.15) is 4.99 Å². The Labute approximate surface area is 183 Å². The zero-order chi connectivity index (χ0) is 21.8. The third-order valence-corrected chi connectivity index (χ3v) is 6.25. The topological polar surface area (TPSA) is 106 Å². The third kappa shape index (κ3) is 5.02. The van der Waals surface area contributed by atoms with Gasteiger partial charge in [-0.25, -0.2) is 9.97 Å². The van der Waals surface area contributed by atoms with Crippen molar-refractivity contribution in [1.82, 2.24) is 15.3 Å². The van der Waals surface area contributed by atoms with Gasteiger partial charge in [0.2, 0.25) is 0 Å². The fourth-order valence-electron chi connectivity index (χ4n) is 4.68. The molecular weight excluding hydrogens is 392 g/mol. The van der Waals surface area contributed by atoms with Crippen LogP contribution in [0.4, 0.5) is 5.82 Å². The first-order valence-electron chi connectivity index (χ1n) is 11.2. The predicted octanol–water partition coefficient (Wildman–Crippen LogP) is 2.66. The number of anilines is 1. The second-order valence-electron chi connectivity index (χ2n) is 8.56. The Morgan fingerprint density at radius 2 is 1.87 bits per heavy atom. The molecule has 166 valence electrons. The predicted molar refractivity (Wildman–Crippen MR) is 123 cm³/mol. The molecule has 3 N–H and O–H groups in total. The third-order valence-electron chi connectivity index (χ3n) is 6.25. The number of nitrogens with one attached hydrogen (secondary N) is 1. The highest BCUT2D eigenvalue weighted by atomic mass is 16.5. The van der Waals surface area contributed by atoms with Crippen molar-refractivity contribution >= 4 is 28.6 Å². The molecule has 2 atom stereocenters. The SMILES string of the molecule is CO[C@@H]1CN(c2nc3ccccc3nc2C(=O)N=C(C)N)CC[C@@H]1NC1CCCCC1. The molecule has 0 radical (unpaired) electrons. The number of carbonyl (C=O) groups is 1. The quantitative estimate of drug-likeness (QED) is 0.561. The lowest BCUT2D eigenvalue weighted by Gasteiger charge is -2.41. The van der Waals surface area contributed by atoms with Gasteiger partial charge in [-0.3, -0.25) is 4.79 Å². The smallest absolute Gasteiger partial charge is 0.301 e. The fourth-order valence-corrected chi connectivity index (χ4v) is 4.68. The van der Waals surface area contributed by atoms with E-state index in [1.807, 2.05) is 24.3 Å². The van der Waals surface area contributed by atoms with Gasteiger partial charge in [-0.1, -0.05) is 31.4 Å². The van der Waals surface area contributed by atoms with E-state index >= 15 is 0 Å². The number of aromatic nitrogens is 2. The van der Waals surface area contributed by atoms with Crippen molar-refractivity contribution in [3.63, 3.8) is 0 Å². The molecule has 1 aliphatic heterocycles.